The van der Waals surface area contributed by atoms with Crippen LogP contribution < -0.4 is 5.32 Å². The topological polar surface area (TPSA) is 78.0 Å². The Labute approximate surface area is 142 Å². The molecule has 0 aliphatic heterocycles. The van der Waals surface area contributed by atoms with E-state index in [-0.39, 0.29) is 29.4 Å². The minimum Gasteiger partial charge on any atom is -0.395 e. The van der Waals surface area contributed by atoms with E-state index in [1.54, 1.807) is 0 Å². The molecular formula is C15H16BrN3O2S. The molecule has 5 nitrogen and oxygen atoms in total. The Morgan fingerprint density at radius 3 is 2.91 bits per heavy atom. The predicted molar refractivity (Wildman–Crippen MR) is 94.3 cm³/mol. The highest BCUT2D eigenvalue weighted by atomic mass is 79.9. The van der Waals surface area contributed by atoms with Gasteiger partial charge in [0.15, 0.2) is 5.78 Å². The van der Waals surface area contributed by atoms with Crippen LogP contribution in [0, 0.1) is 0 Å². The number of H-pyrrole nitrogens is 1. The predicted octanol–water partition coefficient (Wildman–Crippen LogP) is 3.03. The van der Waals surface area contributed by atoms with Gasteiger partial charge in [-0.3, -0.25) is 4.79 Å². The first kappa shape index (κ1) is 16.7. The molecule has 1 aromatic carbocycles. The van der Waals surface area contributed by atoms with Crippen LogP contribution >= 0.6 is 28.3 Å². The van der Waals surface area contributed by atoms with Gasteiger partial charge in [-0.1, -0.05) is 18.2 Å². The molecule has 0 saturated carbocycles. The van der Waals surface area contributed by atoms with Crippen molar-refractivity contribution in [2.24, 2.45) is 0 Å². The highest BCUT2D eigenvalue weighted by Gasteiger charge is 2.12. The number of imidazole rings is 1. The summed E-state index contributed by atoms with van der Waals surface area (Å²) in [6.07, 6.45) is 0.335. The molecule has 0 aliphatic carbocycles. The average Bonchev–Trinajstić information content (AvgIpc) is 3.14. The molecule has 3 aromatic rings. The minimum absolute atomic E-state index is 0. The number of fused-ring (bicyclic) bond motifs is 1. The molecule has 7 heteroatoms. The number of para-hydroxylation sites is 1. The summed E-state index contributed by atoms with van der Waals surface area (Å²) in [4.78, 5) is 20.6. The van der Waals surface area contributed by atoms with Crippen molar-refractivity contribution in [3.63, 3.8) is 0 Å². The van der Waals surface area contributed by atoms with Gasteiger partial charge < -0.3 is 15.4 Å². The molecule has 0 spiro atoms. The van der Waals surface area contributed by atoms with Crippen LogP contribution in [-0.2, 0) is 6.42 Å². The van der Waals surface area contributed by atoms with E-state index in [9.17, 15) is 4.79 Å². The summed E-state index contributed by atoms with van der Waals surface area (Å²) >= 11 is 1.45. The van der Waals surface area contributed by atoms with Crippen LogP contribution in [0.15, 0.2) is 35.7 Å². The van der Waals surface area contributed by atoms with E-state index in [4.69, 9.17) is 5.11 Å². The standard InChI is InChI=1S/C15H15N3O2S.BrH/c19-7-6-16-15-17-11-4-1-3-10(14(11)18-15)9-12(20)13-5-2-8-21-13;/h1-5,8,19H,6-7,9H2,(H2,16,17,18);1H. The number of aromatic amines is 1. The highest BCUT2D eigenvalue weighted by molar-refractivity contribution is 8.93. The smallest absolute Gasteiger partial charge is 0.201 e. The molecule has 0 radical (unpaired) electrons. The van der Waals surface area contributed by atoms with Gasteiger partial charge in [0, 0.05) is 13.0 Å². The molecule has 22 heavy (non-hydrogen) atoms. The van der Waals surface area contributed by atoms with Crippen molar-refractivity contribution in [1.29, 1.82) is 0 Å². The lowest BCUT2D eigenvalue weighted by molar-refractivity contribution is 0.0997. The number of aliphatic hydroxyl groups is 1. The molecule has 2 heterocycles. The molecular weight excluding hydrogens is 366 g/mol. The second kappa shape index (κ2) is 7.53. The van der Waals surface area contributed by atoms with E-state index in [0.29, 0.717) is 18.9 Å². The van der Waals surface area contributed by atoms with Gasteiger partial charge in [0.25, 0.3) is 0 Å². The number of hydrogen-bond donors (Lipinski definition) is 3. The van der Waals surface area contributed by atoms with Gasteiger partial charge >= 0.3 is 0 Å². The van der Waals surface area contributed by atoms with E-state index < -0.39 is 0 Å². The number of ketones is 1. The third-order valence-corrected chi connectivity index (χ3v) is 4.06. The lowest BCUT2D eigenvalue weighted by Gasteiger charge is -2.00. The zero-order chi connectivity index (χ0) is 14.7. The molecule has 116 valence electrons. The van der Waals surface area contributed by atoms with Gasteiger partial charge in [-0.2, -0.15) is 0 Å². The Hall–Kier alpha value is -1.70. The molecule has 0 amide bonds. The van der Waals surface area contributed by atoms with Crippen molar-refractivity contribution in [2.75, 3.05) is 18.5 Å². The molecule has 0 unspecified atom stereocenters. The Kier molecular flexibility index (Phi) is 5.70. The van der Waals surface area contributed by atoms with Crippen LogP contribution in [0.2, 0.25) is 0 Å². The van der Waals surface area contributed by atoms with Gasteiger partial charge in [-0.25, -0.2) is 4.98 Å². The Bertz CT molecular complexity index is 755. The van der Waals surface area contributed by atoms with Crippen LogP contribution in [0.1, 0.15) is 15.2 Å². The number of rotatable bonds is 6. The van der Waals surface area contributed by atoms with Crippen molar-refractivity contribution in [3.05, 3.63) is 46.2 Å². The zero-order valence-electron chi connectivity index (χ0n) is 11.7. The quantitative estimate of drug-likeness (QED) is 0.573. The SMILES string of the molecule is Br.O=C(Cc1cccc2[nH]c(NCCO)nc12)c1cccs1. The number of Topliss-reactive ketones (excluding diaryl/α,β-unsaturated/α-hetero) is 1. The molecule has 0 fully saturated rings. The molecule has 0 aliphatic rings. The number of thiophene rings is 1. The Morgan fingerprint density at radius 2 is 2.18 bits per heavy atom. The maximum Gasteiger partial charge on any atom is 0.201 e. The van der Waals surface area contributed by atoms with Crippen LogP contribution in [0.25, 0.3) is 11.0 Å². The number of anilines is 1. The van der Waals surface area contributed by atoms with Gasteiger partial charge in [0.1, 0.15) is 0 Å². The molecule has 0 atom stereocenters. The summed E-state index contributed by atoms with van der Waals surface area (Å²) in [6.45, 7) is 0.476. The number of carbonyl (C=O) groups excluding carboxylic acids is 1. The van der Waals surface area contributed by atoms with Crippen molar-refractivity contribution < 1.29 is 9.90 Å². The highest BCUT2D eigenvalue weighted by Crippen LogP contribution is 2.21. The maximum atomic E-state index is 12.2. The minimum atomic E-state index is 0. The maximum absolute atomic E-state index is 12.2. The second-order valence-electron chi connectivity index (χ2n) is 4.63. The number of aromatic nitrogens is 2. The fourth-order valence-corrected chi connectivity index (χ4v) is 2.85. The monoisotopic (exact) mass is 381 g/mol. The molecule has 0 saturated heterocycles. The number of nitrogens with one attached hydrogen (secondary N) is 2. The lowest BCUT2D eigenvalue weighted by atomic mass is 10.1. The molecule has 2 aromatic heterocycles. The van der Waals surface area contributed by atoms with Crippen LogP contribution in [-0.4, -0.2) is 34.0 Å². The van der Waals surface area contributed by atoms with Gasteiger partial charge in [0.2, 0.25) is 5.95 Å². The summed E-state index contributed by atoms with van der Waals surface area (Å²) in [7, 11) is 0. The average molecular weight is 382 g/mol. The first-order valence-electron chi connectivity index (χ1n) is 6.67. The van der Waals surface area contributed by atoms with Gasteiger partial charge in [-0.05, 0) is 23.1 Å². The number of halogens is 1. The number of aliphatic hydroxyl groups excluding tert-OH is 1. The fraction of sp³-hybridized carbons (Fsp3) is 0.200. The van der Waals surface area contributed by atoms with E-state index in [1.807, 2.05) is 35.7 Å². The summed E-state index contributed by atoms with van der Waals surface area (Å²) in [5.74, 6) is 0.709. The lowest BCUT2D eigenvalue weighted by Crippen LogP contribution is -2.06. The van der Waals surface area contributed by atoms with Crippen LogP contribution in [0.4, 0.5) is 5.95 Å². The first-order valence-corrected chi connectivity index (χ1v) is 7.55. The third-order valence-electron chi connectivity index (χ3n) is 3.15. The number of nitrogens with zero attached hydrogens (tertiary/aromatic N) is 1. The van der Waals surface area contributed by atoms with Crippen molar-refractivity contribution in [3.8, 4) is 0 Å². The first-order chi connectivity index (χ1) is 10.3. The number of hydrogen-bond acceptors (Lipinski definition) is 5. The summed E-state index contributed by atoms with van der Waals surface area (Å²) in [5.41, 5.74) is 2.58. The van der Waals surface area contributed by atoms with E-state index in [2.05, 4.69) is 15.3 Å². The van der Waals surface area contributed by atoms with Crippen molar-refractivity contribution >= 4 is 51.1 Å². The van der Waals surface area contributed by atoms with Crippen LogP contribution in [0.3, 0.4) is 0 Å². The fourth-order valence-electron chi connectivity index (χ4n) is 2.19. The second-order valence-corrected chi connectivity index (χ2v) is 5.57. The zero-order valence-corrected chi connectivity index (χ0v) is 14.2. The normalized spacial score (nSPS) is 10.4. The number of benzene rings is 1. The van der Waals surface area contributed by atoms with Gasteiger partial charge in [0.05, 0.1) is 22.5 Å². The molecule has 3 rings (SSSR count). The van der Waals surface area contributed by atoms with Gasteiger partial charge in [-0.15, -0.1) is 28.3 Å². The third kappa shape index (κ3) is 3.55. The Balaban J connectivity index is 0.00000176. The summed E-state index contributed by atoms with van der Waals surface area (Å²) in [5, 5.41) is 13.7. The van der Waals surface area contributed by atoms with Crippen molar-refractivity contribution in [2.45, 2.75) is 6.42 Å². The summed E-state index contributed by atoms with van der Waals surface area (Å²) < 4.78 is 0. The van der Waals surface area contributed by atoms with Crippen molar-refractivity contribution in [1.82, 2.24) is 9.97 Å². The summed E-state index contributed by atoms with van der Waals surface area (Å²) in [6, 6.07) is 9.47. The van der Waals surface area contributed by atoms with E-state index >= 15 is 0 Å². The molecule has 0 bridgehead atoms. The largest absolute Gasteiger partial charge is 0.395 e. The van der Waals surface area contributed by atoms with E-state index in [1.165, 1.54) is 11.3 Å². The van der Waals surface area contributed by atoms with Crippen LogP contribution in [0.5, 0.6) is 0 Å². The van der Waals surface area contributed by atoms with E-state index in [0.717, 1.165) is 21.5 Å². The molecule has 3 N–H and O–H groups in total. The number of carbonyl (C=O) groups is 1. The Morgan fingerprint density at radius 1 is 1.32 bits per heavy atom.